The van der Waals surface area contributed by atoms with E-state index in [4.69, 9.17) is 5.14 Å². The van der Waals surface area contributed by atoms with E-state index in [1.165, 1.54) is 6.07 Å². The molecule has 0 fully saturated rings. The van der Waals surface area contributed by atoms with Crippen LogP contribution in [0.25, 0.3) is 33.4 Å². The molecule has 2 aromatic heterocycles. The Hall–Kier alpha value is -3.03. The number of primary sulfonamides is 1. The molecule has 25 heavy (non-hydrogen) atoms. The largest absolute Gasteiger partial charge is 0.345 e. The minimum absolute atomic E-state index is 0.0471. The fourth-order valence-corrected chi connectivity index (χ4v) is 3.65. The number of pyridine rings is 1. The van der Waals surface area contributed by atoms with Crippen LogP contribution in [0.15, 0.2) is 72.0 Å². The molecule has 0 bridgehead atoms. The molecule has 2 heterocycles. The number of H-pyrrole nitrogens is 1. The molecule has 4 aromatic rings. The van der Waals surface area contributed by atoms with Crippen molar-refractivity contribution < 1.29 is 8.42 Å². The molecule has 3 N–H and O–H groups in total. The first-order valence-electron chi connectivity index (χ1n) is 7.55. The highest BCUT2D eigenvalue weighted by Crippen LogP contribution is 2.36. The Morgan fingerprint density at radius 2 is 1.84 bits per heavy atom. The average Bonchev–Trinajstić information content (AvgIpc) is 3.09. The summed E-state index contributed by atoms with van der Waals surface area (Å²) in [5, 5.41) is 5.44. The Balaban J connectivity index is 2.05. The smallest absolute Gasteiger partial charge is 0.238 e. The zero-order valence-electron chi connectivity index (χ0n) is 13.0. The van der Waals surface area contributed by atoms with Crippen LogP contribution in [0.1, 0.15) is 0 Å². The number of rotatable bonds is 3. The van der Waals surface area contributed by atoms with Gasteiger partial charge in [0, 0.05) is 11.8 Å². The van der Waals surface area contributed by atoms with E-state index in [2.05, 4.69) is 15.0 Å². The number of benzene rings is 2. The van der Waals surface area contributed by atoms with Crippen LogP contribution in [-0.2, 0) is 10.0 Å². The van der Waals surface area contributed by atoms with E-state index in [1.54, 1.807) is 30.7 Å². The lowest BCUT2D eigenvalue weighted by Gasteiger charge is -2.13. The number of nitrogens with two attached hydrogens (primary N) is 1. The highest BCUT2D eigenvalue weighted by Gasteiger charge is 2.20. The van der Waals surface area contributed by atoms with E-state index in [1.807, 2.05) is 30.3 Å². The predicted molar refractivity (Wildman–Crippen MR) is 96.1 cm³/mol. The minimum atomic E-state index is -3.91. The maximum atomic E-state index is 12.1. The first-order chi connectivity index (χ1) is 12.0. The number of hydrogen-bond acceptors (Lipinski definition) is 4. The molecule has 7 heteroatoms. The molecule has 6 nitrogen and oxygen atoms in total. The van der Waals surface area contributed by atoms with Gasteiger partial charge in [0.15, 0.2) is 0 Å². The van der Waals surface area contributed by atoms with Crippen molar-refractivity contribution in [3.63, 3.8) is 0 Å². The van der Waals surface area contributed by atoms with Gasteiger partial charge in [0.05, 0.1) is 28.0 Å². The molecule has 0 amide bonds. The topological polar surface area (TPSA) is 102 Å². The van der Waals surface area contributed by atoms with E-state index in [0.29, 0.717) is 11.3 Å². The summed E-state index contributed by atoms with van der Waals surface area (Å²) in [4.78, 5) is 11.7. The van der Waals surface area contributed by atoms with Gasteiger partial charge in [0.25, 0.3) is 0 Å². The Bertz CT molecular complexity index is 1170. The molecule has 0 spiro atoms. The second kappa shape index (κ2) is 5.80. The van der Waals surface area contributed by atoms with Crippen molar-refractivity contribution in [1.82, 2.24) is 15.0 Å². The number of fused-ring (bicyclic) bond motifs is 1. The lowest BCUT2D eigenvalue weighted by molar-refractivity contribution is 0.598. The van der Waals surface area contributed by atoms with Crippen LogP contribution in [0.3, 0.4) is 0 Å². The minimum Gasteiger partial charge on any atom is -0.345 e. The van der Waals surface area contributed by atoms with Gasteiger partial charge in [0.2, 0.25) is 10.0 Å². The van der Waals surface area contributed by atoms with Gasteiger partial charge in [-0.05, 0) is 41.5 Å². The van der Waals surface area contributed by atoms with E-state index >= 15 is 0 Å². The summed E-state index contributed by atoms with van der Waals surface area (Å²) in [6, 6.07) is 16.1. The Kier molecular flexibility index (Phi) is 3.60. The maximum Gasteiger partial charge on any atom is 0.238 e. The van der Waals surface area contributed by atoms with Crippen molar-refractivity contribution in [2.24, 2.45) is 5.14 Å². The number of aromatic amines is 1. The molecule has 0 aliphatic carbocycles. The van der Waals surface area contributed by atoms with Gasteiger partial charge < -0.3 is 4.98 Å². The van der Waals surface area contributed by atoms with Crippen LogP contribution in [0, 0.1) is 0 Å². The highest BCUT2D eigenvalue weighted by molar-refractivity contribution is 7.89. The van der Waals surface area contributed by atoms with Crippen LogP contribution in [-0.4, -0.2) is 23.4 Å². The third kappa shape index (κ3) is 2.79. The fourth-order valence-electron chi connectivity index (χ4n) is 2.88. The van der Waals surface area contributed by atoms with Crippen molar-refractivity contribution in [2.75, 3.05) is 0 Å². The number of nitrogens with zero attached hydrogens (tertiary/aromatic N) is 2. The molecule has 0 atom stereocenters. The molecule has 0 radical (unpaired) electrons. The average molecular weight is 350 g/mol. The van der Waals surface area contributed by atoms with Crippen LogP contribution < -0.4 is 5.14 Å². The predicted octanol–water partition coefficient (Wildman–Crippen LogP) is 2.94. The van der Waals surface area contributed by atoms with Gasteiger partial charge in [-0.1, -0.05) is 24.3 Å². The molecular weight excluding hydrogens is 336 g/mol. The van der Waals surface area contributed by atoms with E-state index in [-0.39, 0.29) is 4.90 Å². The summed E-state index contributed by atoms with van der Waals surface area (Å²) < 4.78 is 24.2. The highest BCUT2D eigenvalue weighted by atomic mass is 32.2. The summed E-state index contributed by atoms with van der Waals surface area (Å²) in [5.41, 5.74) is 4.31. The Labute approximate surface area is 144 Å². The van der Waals surface area contributed by atoms with Crippen molar-refractivity contribution in [2.45, 2.75) is 4.90 Å². The van der Waals surface area contributed by atoms with Crippen LogP contribution >= 0.6 is 0 Å². The molecular formula is C18H14N4O2S. The van der Waals surface area contributed by atoms with Gasteiger partial charge in [-0.3, -0.25) is 4.98 Å². The summed E-state index contributed by atoms with van der Waals surface area (Å²) in [5.74, 6) is 0. The fraction of sp³-hybridized carbons (Fsp3) is 0. The van der Waals surface area contributed by atoms with Crippen molar-refractivity contribution in [1.29, 1.82) is 0 Å². The number of aromatic nitrogens is 3. The standard InChI is InChI=1S/C18H14N4O2S/c19-25(23,24)17-6-3-4-13(18(17)15-5-1-2-9-20-15)12-7-8-14-16(10-12)22-11-21-14/h1-11H,(H,21,22)(H2,19,23,24). The number of hydrogen-bond donors (Lipinski definition) is 2. The zero-order chi connectivity index (χ0) is 17.4. The van der Waals surface area contributed by atoms with Crippen molar-refractivity contribution >= 4 is 21.1 Å². The monoisotopic (exact) mass is 350 g/mol. The molecule has 0 saturated carbocycles. The van der Waals surface area contributed by atoms with E-state index < -0.39 is 10.0 Å². The number of imidazole rings is 1. The van der Waals surface area contributed by atoms with Gasteiger partial charge >= 0.3 is 0 Å². The Morgan fingerprint density at radius 3 is 2.60 bits per heavy atom. The number of sulfonamides is 1. The van der Waals surface area contributed by atoms with Crippen LogP contribution in [0.2, 0.25) is 0 Å². The second-order valence-electron chi connectivity index (χ2n) is 5.57. The van der Waals surface area contributed by atoms with Crippen LogP contribution in [0.5, 0.6) is 0 Å². The SMILES string of the molecule is NS(=O)(=O)c1cccc(-c2ccc3[nH]cnc3c2)c1-c1ccccn1. The molecule has 0 saturated heterocycles. The summed E-state index contributed by atoms with van der Waals surface area (Å²) in [7, 11) is -3.91. The quantitative estimate of drug-likeness (QED) is 0.593. The van der Waals surface area contributed by atoms with Gasteiger partial charge in [0.1, 0.15) is 0 Å². The van der Waals surface area contributed by atoms with Gasteiger partial charge in [-0.25, -0.2) is 18.5 Å². The lowest BCUT2D eigenvalue weighted by atomic mass is 9.97. The summed E-state index contributed by atoms with van der Waals surface area (Å²) >= 11 is 0. The molecule has 0 unspecified atom stereocenters. The summed E-state index contributed by atoms with van der Waals surface area (Å²) in [6.07, 6.45) is 3.24. The van der Waals surface area contributed by atoms with E-state index in [9.17, 15) is 8.42 Å². The molecule has 124 valence electrons. The molecule has 0 aliphatic rings. The van der Waals surface area contributed by atoms with E-state index in [0.717, 1.165) is 22.2 Å². The molecule has 4 rings (SSSR count). The van der Waals surface area contributed by atoms with Gasteiger partial charge in [-0.15, -0.1) is 0 Å². The normalized spacial score (nSPS) is 11.7. The number of nitrogens with one attached hydrogen (secondary N) is 1. The van der Waals surface area contributed by atoms with Crippen molar-refractivity contribution in [3.05, 3.63) is 67.1 Å². The third-order valence-corrected chi connectivity index (χ3v) is 4.94. The third-order valence-electron chi connectivity index (χ3n) is 3.99. The molecule has 0 aliphatic heterocycles. The first-order valence-corrected chi connectivity index (χ1v) is 9.09. The second-order valence-corrected chi connectivity index (χ2v) is 7.10. The maximum absolute atomic E-state index is 12.1. The first kappa shape index (κ1) is 15.5. The summed E-state index contributed by atoms with van der Waals surface area (Å²) in [6.45, 7) is 0. The van der Waals surface area contributed by atoms with Gasteiger partial charge in [-0.2, -0.15) is 0 Å². The van der Waals surface area contributed by atoms with Crippen molar-refractivity contribution in [3.8, 4) is 22.4 Å². The zero-order valence-corrected chi connectivity index (χ0v) is 13.9. The Morgan fingerprint density at radius 1 is 0.960 bits per heavy atom. The lowest BCUT2D eigenvalue weighted by Crippen LogP contribution is -2.14. The molecule has 2 aromatic carbocycles. The van der Waals surface area contributed by atoms with Crippen LogP contribution in [0.4, 0.5) is 0 Å².